The lowest BCUT2D eigenvalue weighted by molar-refractivity contribution is -0.137. The number of carbonyl (C=O) groups excluding carboxylic acids is 2. The summed E-state index contributed by atoms with van der Waals surface area (Å²) in [6, 6.07) is 1.13. The average molecular weight is 449 g/mol. The molecule has 2 heterocycles. The molecule has 0 saturated carbocycles. The van der Waals surface area contributed by atoms with E-state index in [0.29, 0.717) is 6.07 Å². The smallest absolute Gasteiger partial charge is 0.335 e. The molecule has 2 aromatic rings. The lowest BCUT2D eigenvalue weighted by Crippen LogP contribution is -2.47. The summed E-state index contributed by atoms with van der Waals surface area (Å²) in [6.45, 7) is 1.06. The van der Waals surface area contributed by atoms with Gasteiger partial charge in [0.2, 0.25) is 0 Å². The van der Waals surface area contributed by atoms with E-state index in [2.05, 4.69) is 10.3 Å². The molecule has 30 heavy (non-hydrogen) atoms. The van der Waals surface area contributed by atoms with Crippen molar-refractivity contribution < 1.29 is 31.5 Å². The lowest BCUT2D eigenvalue weighted by atomic mass is 10.1. The fraction of sp³-hybridized carbons (Fsp3) is 0.278. The Morgan fingerprint density at radius 2 is 1.97 bits per heavy atom. The van der Waals surface area contributed by atoms with E-state index in [4.69, 9.17) is 11.6 Å². The van der Waals surface area contributed by atoms with Crippen LogP contribution < -0.4 is 15.1 Å². The van der Waals surface area contributed by atoms with E-state index >= 15 is 0 Å². The number of carbonyl (C=O) groups is 2. The van der Waals surface area contributed by atoms with Crippen LogP contribution in [-0.4, -0.2) is 36.6 Å². The number of rotatable bonds is 3. The first kappa shape index (κ1) is 21.8. The van der Waals surface area contributed by atoms with Gasteiger partial charge in [-0.25, -0.2) is 18.6 Å². The van der Waals surface area contributed by atoms with Gasteiger partial charge in [0.05, 0.1) is 11.3 Å². The molecule has 1 aliphatic rings. The summed E-state index contributed by atoms with van der Waals surface area (Å²) in [5.41, 5.74) is -1.42. The molecule has 1 atom stereocenters. The van der Waals surface area contributed by atoms with Gasteiger partial charge in [-0.3, -0.25) is 9.69 Å². The third kappa shape index (κ3) is 3.89. The van der Waals surface area contributed by atoms with E-state index in [1.807, 2.05) is 0 Å². The van der Waals surface area contributed by atoms with Crippen molar-refractivity contribution in [3.8, 4) is 0 Å². The summed E-state index contributed by atoms with van der Waals surface area (Å²) in [7, 11) is 1.17. The summed E-state index contributed by atoms with van der Waals surface area (Å²) >= 11 is 5.54. The number of hydrogen-bond acceptors (Lipinski definition) is 3. The van der Waals surface area contributed by atoms with Gasteiger partial charge in [0.1, 0.15) is 22.7 Å². The number of halogens is 6. The number of pyridine rings is 1. The van der Waals surface area contributed by atoms with Crippen molar-refractivity contribution >= 4 is 35.0 Å². The van der Waals surface area contributed by atoms with E-state index in [0.717, 1.165) is 28.0 Å². The number of hydrogen-bond donors (Lipinski definition) is 1. The molecule has 6 nitrogen and oxygen atoms in total. The van der Waals surface area contributed by atoms with E-state index in [1.54, 1.807) is 0 Å². The Labute approximate surface area is 172 Å². The Bertz CT molecular complexity index is 1030. The van der Waals surface area contributed by atoms with Crippen LogP contribution in [0.1, 0.15) is 11.3 Å². The van der Waals surface area contributed by atoms with Crippen LogP contribution in [0.3, 0.4) is 0 Å². The third-order valence-electron chi connectivity index (χ3n) is 4.48. The minimum Gasteiger partial charge on any atom is -0.335 e. The number of aromatic nitrogens is 1. The van der Waals surface area contributed by atoms with Crippen LogP contribution in [0.5, 0.6) is 0 Å². The first-order chi connectivity index (χ1) is 13.9. The fourth-order valence-electron chi connectivity index (χ4n) is 3.02. The molecule has 12 heteroatoms. The number of nitrogens with zero attached hydrogens (tertiary/aromatic N) is 3. The van der Waals surface area contributed by atoms with Crippen molar-refractivity contribution in [2.45, 2.75) is 19.1 Å². The Morgan fingerprint density at radius 3 is 2.60 bits per heavy atom. The molecule has 1 aromatic carbocycles. The molecule has 0 radical (unpaired) electrons. The molecule has 1 saturated heterocycles. The molecular formula is C18H14ClF5N4O2. The standard InChI is InChI=1S/C18H14ClF5N4O2/c1-8-5-9(18(22,23)24)6-13(26-8)28-12(7-25-17(28)30)16(29)27(2)11-4-3-10(20)14(19)15(11)21/h3-6,12H,7H2,1-2H3,(H,25,30). The topological polar surface area (TPSA) is 65.5 Å². The van der Waals surface area contributed by atoms with E-state index in [-0.39, 0.29) is 23.7 Å². The number of benzene rings is 1. The van der Waals surface area contributed by atoms with Crippen LogP contribution in [0.15, 0.2) is 24.3 Å². The maximum absolute atomic E-state index is 14.3. The number of nitrogens with one attached hydrogen (secondary N) is 1. The van der Waals surface area contributed by atoms with Crippen molar-refractivity contribution in [2.24, 2.45) is 0 Å². The average Bonchev–Trinajstić information content (AvgIpc) is 3.05. The number of likely N-dealkylation sites (N-methyl/N-ethyl adjacent to an activating group) is 1. The zero-order chi connectivity index (χ0) is 22.4. The Morgan fingerprint density at radius 1 is 1.30 bits per heavy atom. The molecule has 3 rings (SSSR count). The number of urea groups is 1. The van der Waals surface area contributed by atoms with Gasteiger partial charge in [-0.1, -0.05) is 11.6 Å². The number of amides is 3. The first-order valence-corrected chi connectivity index (χ1v) is 8.83. The lowest BCUT2D eigenvalue weighted by Gasteiger charge is -2.27. The first-order valence-electron chi connectivity index (χ1n) is 8.46. The van der Waals surface area contributed by atoms with Gasteiger partial charge >= 0.3 is 12.2 Å². The quantitative estimate of drug-likeness (QED) is 0.572. The maximum Gasteiger partial charge on any atom is 0.416 e. The second-order valence-electron chi connectivity index (χ2n) is 6.52. The molecule has 0 spiro atoms. The summed E-state index contributed by atoms with van der Waals surface area (Å²) in [4.78, 5) is 30.7. The van der Waals surface area contributed by atoms with Crippen molar-refractivity contribution in [1.82, 2.24) is 10.3 Å². The van der Waals surface area contributed by atoms with Crippen molar-refractivity contribution in [3.05, 3.63) is 52.2 Å². The van der Waals surface area contributed by atoms with Gasteiger partial charge in [-0.15, -0.1) is 0 Å². The monoisotopic (exact) mass is 448 g/mol. The van der Waals surface area contributed by atoms with Crippen LogP contribution in [0.2, 0.25) is 5.02 Å². The summed E-state index contributed by atoms with van der Waals surface area (Å²) < 4.78 is 67.1. The maximum atomic E-state index is 14.3. The molecule has 1 unspecified atom stereocenters. The molecule has 0 aliphatic carbocycles. The van der Waals surface area contributed by atoms with Crippen molar-refractivity contribution in [1.29, 1.82) is 0 Å². The van der Waals surface area contributed by atoms with Crippen LogP contribution in [0.25, 0.3) is 0 Å². The number of aryl methyl sites for hydroxylation is 1. The van der Waals surface area contributed by atoms with Crippen LogP contribution in [-0.2, 0) is 11.0 Å². The van der Waals surface area contributed by atoms with Gasteiger partial charge in [-0.2, -0.15) is 13.2 Å². The predicted octanol–water partition coefficient (Wildman–Crippen LogP) is 3.90. The normalized spacial score (nSPS) is 16.6. The van der Waals surface area contributed by atoms with Gasteiger partial charge in [-0.05, 0) is 31.2 Å². The summed E-state index contributed by atoms with van der Waals surface area (Å²) in [6.07, 6.45) is -4.69. The summed E-state index contributed by atoms with van der Waals surface area (Å²) in [5.74, 6) is -3.44. The van der Waals surface area contributed by atoms with Gasteiger partial charge in [0.15, 0.2) is 5.82 Å². The molecule has 1 N–H and O–H groups in total. The number of alkyl halides is 3. The summed E-state index contributed by atoms with van der Waals surface area (Å²) in [5, 5.41) is 1.54. The zero-order valence-corrected chi connectivity index (χ0v) is 16.3. The minimum absolute atomic E-state index is 0.0181. The molecule has 160 valence electrons. The number of anilines is 2. The highest BCUT2D eigenvalue weighted by Gasteiger charge is 2.41. The second kappa shape index (κ2) is 7.71. The Hall–Kier alpha value is -2.95. The largest absolute Gasteiger partial charge is 0.416 e. The molecule has 1 fully saturated rings. The van der Waals surface area contributed by atoms with Gasteiger partial charge in [0.25, 0.3) is 5.91 Å². The van der Waals surface area contributed by atoms with Crippen LogP contribution in [0.4, 0.5) is 38.3 Å². The predicted molar refractivity (Wildman–Crippen MR) is 98.4 cm³/mol. The molecule has 0 bridgehead atoms. The van der Waals surface area contributed by atoms with Crippen molar-refractivity contribution in [2.75, 3.05) is 23.4 Å². The second-order valence-corrected chi connectivity index (χ2v) is 6.89. The highest BCUT2D eigenvalue weighted by atomic mass is 35.5. The van der Waals surface area contributed by atoms with E-state index in [9.17, 15) is 31.5 Å². The van der Waals surface area contributed by atoms with Gasteiger partial charge < -0.3 is 10.2 Å². The molecule has 1 aromatic heterocycles. The molecular weight excluding hydrogens is 435 g/mol. The molecule has 3 amide bonds. The third-order valence-corrected chi connectivity index (χ3v) is 4.83. The van der Waals surface area contributed by atoms with Crippen molar-refractivity contribution in [3.63, 3.8) is 0 Å². The Balaban J connectivity index is 1.98. The van der Waals surface area contributed by atoms with E-state index in [1.165, 1.54) is 14.0 Å². The van der Waals surface area contributed by atoms with Crippen LogP contribution in [0, 0.1) is 18.6 Å². The van der Waals surface area contributed by atoms with Crippen LogP contribution >= 0.6 is 11.6 Å². The van der Waals surface area contributed by atoms with Gasteiger partial charge in [0, 0.05) is 19.3 Å². The minimum atomic E-state index is -4.69. The zero-order valence-electron chi connectivity index (χ0n) is 15.5. The highest BCUT2D eigenvalue weighted by molar-refractivity contribution is 6.31. The molecule has 1 aliphatic heterocycles. The fourth-order valence-corrected chi connectivity index (χ4v) is 3.18. The Kier molecular flexibility index (Phi) is 5.59. The van der Waals surface area contributed by atoms with E-state index < -0.39 is 46.4 Å². The SMILES string of the molecule is Cc1cc(C(F)(F)F)cc(N2C(=O)NCC2C(=O)N(C)c2ccc(F)c(Cl)c2F)n1. The highest BCUT2D eigenvalue weighted by Crippen LogP contribution is 2.33.